The summed E-state index contributed by atoms with van der Waals surface area (Å²) in [6.07, 6.45) is 1.61. The normalized spacial score (nSPS) is 14.5. The molecule has 0 unspecified atom stereocenters. The highest BCUT2D eigenvalue weighted by Crippen LogP contribution is 2.28. The molecule has 0 spiro atoms. The average Bonchev–Trinajstić information content (AvgIpc) is 2.93. The van der Waals surface area contributed by atoms with Gasteiger partial charge in [-0.25, -0.2) is 9.55 Å². The molecule has 0 amide bonds. The summed E-state index contributed by atoms with van der Waals surface area (Å²) >= 11 is 0. The number of hydrogen-bond acceptors (Lipinski definition) is 6. The molecule has 138 valence electrons. The monoisotopic (exact) mass is 379 g/mol. The predicted molar refractivity (Wildman–Crippen MR) is 107 cm³/mol. The van der Waals surface area contributed by atoms with Gasteiger partial charge < -0.3 is 15.2 Å². The standard InChI is InChI=1S/C19H21N5O2Si/c1-27(2,3)9-7-13-4-5-15-16(10-13)24(17-6-8-21-18(20)23-17)19(22-15)26-14-11-25-12-14/h4-6,8,10,14H,11-12H2,1-3H3,(H2,20,21,23). The van der Waals surface area contributed by atoms with Crippen molar-refractivity contribution in [3.63, 3.8) is 0 Å². The van der Waals surface area contributed by atoms with Crippen LogP contribution in [0, 0.1) is 11.5 Å². The molecule has 0 atom stereocenters. The van der Waals surface area contributed by atoms with Gasteiger partial charge in [0.25, 0.3) is 0 Å². The van der Waals surface area contributed by atoms with Crippen molar-refractivity contribution in [2.45, 2.75) is 25.7 Å². The van der Waals surface area contributed by atoms with Crippen LogP contribution in [0.2, 0.25) is 19.6 Å². The van der Waals surface area contributed by atoms with Gasteiger partial charge in [0.15, 0.2) is 0 Å². The van der Waals surface area contributed by atoms with E-state index in [0.717, 1.165) is 16.6 Å². The third-order valence-electron chi connectivity index (χ3n) is 3.97. The molecular weight excluding hydrogens is 358 g/mol. The van der Waals surface area contributed by atoms with Gasteiger partial charge in [-0.05, 0) is 18.2 Å². The Kier molecular flexibility index (Phi) is 4.34. The molecule has 3 aromatic rings. The Bertz CT molecular complexity index is 1060. The highest BCUT2D eigenvalue weighted by molar-refractivity contribution is 6.83. The van der Waals surface area contributed by atoms with Crippen molar-refractivity contribution in [2.75, 3.05) is 18.9 Å². The number of benzene rings is 1. The number of fused-ring (bicyclic) bond motifs is 1. The van der Waals surface area contributed by atoms with Gasteiger partial charge in [-0.1, -0.05) is 25.6 Å². The van der Waals surface area contributed by atoms with E-state index in [0.29, 0.717) is 25.0 Å². The molecule has 4 rings (SSSR count). The highest BCUT2D eigenvalue weighted by atomic mass is 28.3. The lowest BCUT2D eigenvalue weighted by molar-refractivity contribution is -0.0835. The minimum atomic E-state index is -1.47. The van der Waals surface area contributed by atoms with Crippen molar-refractivity contribution in [3.05, 3.63) is 36.0 Å². The van der Waals surface area contributed by atoms with E-state index in [1.54, 1.807) is 12.3 Å². The van der Waals surface area contributed by atoms with Crippen LogP contribution in [0.25, 0.3) is 16.9 Å². The Morgan fingerprint density at radius 3 is 2.70 bits per heavy atom. The maximum absolute atomic E-state index is 6.01. The number of imidazole rings is 1. The quantitative estimate of drug-likeness (QED) is 0.555. The number of nitrogens with two attached hydrogens (primary N) is 1. The van der Waals surface area contributed by atoms with E-state index in [-0.39, 0.29) is 12.1 Å². The van der Waals surface area contributed by atoms with Crippen molar-refractivity contribution >= 4 is 25.1 Å². The fourth-order valence-electron chi connectivity index (χ4n) is 2.61. The second kappa shape index (κ2) is 6.68. The Balaban J connectivity index is 1.86. The van der Waals surface area contributed by atoms with Gasteiger partial charge in [-0.15, -0.1) is 5.54 Å². The summed E-state index contributed by atoms with van der Waals surface area (Å²) in [6, 6.07) is 8.19. The van der Waals surface area contributed by atoms with Crippen molar-refractivity contribution in [3.8, 4) is 23.3 Å². The Hall–Kier alpha value is -2.89. The van der Waals surface area contributed by atoms with Gasteiger partial charge in [0.1, 0.15) is 20.0 Å². The predicted octanol–water partition coefficient (Wildman–Crippen LogP) is 2.40. The zero-order valence-corrected chi connectivity index (χ0v) is 16.6. The van der Waals surface area contributed by atoms with Crippen LogP contribution in [0.4, 0.5) is 5.95 Å². The van der Waals surface area contributed by atoms with Crippen LogP contribution >= 0.6 is 0 Å². The van der Waals surface area contributed by atoms with E-state index in [9.17, 15) is 0 Å². The number of anilines is 1. The molecule has 1 aliphatic rings. The zero-order chi connectivity index (χ0) is 19.0. The molecule has 7 nitrogen and oxygen atoms in total. The lowest BCUT2D eigenvalue weighted by Gasteiger charge is -2.26. The van der Waals surface area contributed by atoms with E-state index >= 15 is 0 Å². The van der Waals surface area contributed by atoms with Crippen LogP contribution in [0.1, 0.15) is 5.56 Å². The highest BCUT2D eigenvalue weighted by Gasteiger charge is 2.24. The first-order chi connectivity index (χ1) is 12.9. The van der Waals surface area contributed by atoms with Crippen LogP contribution in [-0.2, 0) is 4.74 Å². The molecule has 1 aliphatic heterocycles. The summed E-state index contributed by atoms with van der Waals surface area (Å²) in [7, 11) is -1.47. The lowest BCUT2D eigenvalue weighted by atomic mass is 10.2. The third-order valence-corrected chi connectivity index (χ3v) is 4.85. The molecule has 1 saturated heterocycles. The average molecular weight is 379 g/mol. The fraction of sp³-hybridized carbons (Fsp3) is 0.316. The molecular formula is C19H21N5O2Si. The number of hydrogen-bond donors (Lipinski definition) is 1. The zero-order valence-electron chi connectivity index (χ0n) is 15.6. The van der Waals surface area contributed by atoms with Gasteiger partial charge in [0.2, 0.25) is 5.95 Å². The molecule has 0 aliphatic carbocycles. The summed E-state index contributed by atoms with van der Waals surface area (Å²) in [5.41, 5.74) is 11.8. The number of rotatable bonds is 3. The van der Waals surface area contributed by atoms with E-state index in [4.69, 9.17) is 15.2 Å². The van der Waals surface area contributed by atoms with Gasteiger partial charge >= 0.3 is 6.01 Å². The largest absolute Gasteiger partial charge is 0.456 e. The second-order valence-electron chi connectivity index (χ2n) is 7.48. The van der Waals surface area contributed by atoms with Crippen LogP contribution < -0.4 is 10.5 Å². The van der Waals surface area contributed by atoms with E-state index in [1.807, 2.05) is 22.8 Å². The maximum Gasteiger partial charge on any atom is 0.303 e. The van der Waals surface area contributed by atoms with Crippen molar-refractivity contribution < 1.29 is 9.47 Å². The molecule has 0 saturated carbocycles. The Morgan fingerprint density at radius 1 is 1.22 bits per heavy atom. The van der Waals surface area contributed by atoms with E-state index < -0.39 is 8.07 Å². The van der Waals surface area contributed by atoms with Crippen LogP contribution in [0.3, 0.4) is 0 Å². The van der Waals surface area contributed by atoms with Gasteiger partial charge in [0, 0.05) is 17.8 Å². The first-order valence-electron chi connectivity index (χ1n) is 8.78. The van der Waals surface area contributed by atoms with E-state index in [2.05, 4.69) is 46.1 Å². The second-order valence-corrected chi connectivity index (χ2v) is 12.2. The molecule has 8 heteroatoms. The Labute approximate surface area is 158 Å². The molecule has 27 heavy (non-hydrogen) atoms. The first-order valence-corrected chi connectivity index (χ1v) is 12.3. The molecule has 2 N–H and O–H groups in total. The summed E-state index contributed by atoms with van der Waals surface area (Å²) in [5.74, 6) is 4.09. The number of aromatic nitrogens is 4. The van der Waals surface area contributed by atoms with Crippen LogP contribution in [-0.4, -0.2) is 46.9 Å². The number of nitrogens with zero attached hydrogens (tertiary/aromatic N) is 4. The summed E-state index contributed by atoms with van der Waals surface area (Å²) < 4.78 is 13.1. The SMILES string of the molecule is C[Si](C)(C)C#Cc1ccc2nc(OC3COC3)n(-c3ccnc(N)n3)c2c1. The summed E-state index contributed by atoms with van der Waals surface area (Å²) in [5, 5.41) is 0. The molecule has 1 aromatic carbocycles. The molecule has 0 radical (unpaired) electrons. The summed E-state index contributed by atoms with van der Waals surface area (Å²) in [4.78, 5) is 13.0. The molecule has 3 heterocycles. The lowest BCUT2D eigenvalue weighted by Crippen LogP contribution is -2.39. The minimum absolute atomic E-state index is 0.00843. The number of ether oxygens (including phenoxy) is 2. The Morgan fingerprint density at radius 2 is 2.04 bits per heavy atom. The van der Waals surface area contributed by atoms with Crippen LogP contribution in [0.5, 0.6) is 6.01 Å². The first kappa shape index (κ1) is 17.5. The topological polar surface area (TPSA) is 88.1 Å². The van der Waals surface area contributed by atoms with Crippen molar-refractivity contribution in [1.29, 1.82) is 0 Å². The third kappa shape index (κ3) is 3.79. The van der Waals surface area contributed by atoms with Crippen molar-refractivity contribution in [1.82, 2.24) is 19.5 Å². The molecule has 2 aromatic heterocycles. The van der Waals surface area contributed by atoms with Gasteiger partial charge in [0.05, 0.1) is 24.2 Å². The molecule has 1 fully saturated rings. The van der Waals surface area contributed by atoms with Crippen molar-refractivity contribution in [2.24, 2.45) is 0 Å². The van der Waals surface area contributed by atoms with E-state index in [1.165, 1.54) is 0 Å². The van der Waals surface area contributed by atoms with Gasteiger partial charge in [-0.2, -0.15) is 9.97 Å². The minimum Gasteiger partial charge on any atom is -0.456 e. The fourth-order valence-corrected chi connectivity index (χ4v) is 3.13. The molecule has 0 bridgehead atoms. The smallest absolute Gasteiger partial charge is 0.303 e. The van der Waals surface area contributed by atoms with Crippen LogP contribution in [0.15, 0.2) is 30.5 Å². The summed E-state index contributed by atoms with van der Waals surface area (Å²) in [6.45, 7) is 7.78. The maximum atomic E-state index is 6.01. The number of nitrogen functional groups attached to an aromatic ring is 1. The van der Waals surface area contributed by atoms with Gasteiger partial charge in [-0.3, -0.25) is 0 Å².